The van der Waals surface area contributed by atoms with Gasteiger partial charge >= 0.3 is 0 Å². The van der Waals surface area contributed by atoms with E-state index in [1.54, 1.807) is 0 Å². The average molecular weight is 427 g/mol. The molecule has 0 aromatic rings. The molecule has 0 nitrogen and oxygen atoms in total. The first-order valence-electron chi connectivity index (χ1n) is 14.3. The monoisotopic (exact) mass is 426 g/mol. The molecule has 0 aromatic heterocycles. The van der Waals surface area contributed by atoms with Gasteiger partial charge in [0.1, 0.15) is 0 Å². The van der Waals surface area contributed by atoms with Crippen molar-refractivity contribution in [1.29, 1.82) is 0 Å². The Morgan fingerprint density at radius 3 is 2.35 bits per heavy atom. The lowest BCUT2D eigenvalue weighted by atomic mass is 9.46. The summed E-state index contributed by atoms with van der Waals surface area (Å²) in [4.78, 5) is 0. The third kappa shape index (κ3) is 4.45. The summed E-state index contributed by atoms with van der Waals surface area (Å²) in [5, 5.41) is 0. The standard InChI is InChI=1S/C31H54/c1-21(2)9-8-10-23(5)27-13-14-28-26-12-11-25-20-24(19-22(3)4)15-17-30(25,6)29(26)16-18-31(27,28)7/h11,21-24,26-29H,8-10,12-20H2,1-7H3/t23-,24-,26?,27-,28?,29?,30+,31-/m1/s1. The molecule has 3 unspecified atom stereocenters. The van der Waals surface area contributed by atoms with Crippen LogP contribution in [0.1, 0.15) is 126 Å². The first-order valence-corrected chi connectivity index (χ1v) is 14.3. The van der Waals surface area contributed by atoms with Crippen LogP contribution in [-0.4, -0.2) is 0 Å². The molecule has 0 bridgehead atoms. The van der Waals surface area contributed by atoms with Crippen molar-refractivity contribution in [3.8, 4) is 0 Å². The molecule has 4 aliphatic carbocycles. The van der Waals surface area contributed by atoms with Gasteiger partial charge in [0.05, 0.1) is 0 Å². The topological polar surface area (TPSA) is 0 Å². The minimum absolute atomic E-state index is 0.540. The molecule has 0 aliphatic heterocycles. The summed E-state index contributed by atoms with van der Waals surface area (Å²) < 4.78 is 0. The molecule has 0 N–H and O–H groups in total. The van der Waals surface area contributed by atoms with Gasteiger partial charge in [-0.1, -0.05) is 79.4 Å². The molecule has 4 rings (SSSR count). The Labute approximate surface area is 195 Å². The van der Waals surface area contributed by atoms with Crippen LogP contribution in [0.3, 0.4) is 0 Å². The lowest BCUT2D eigenvalue weighted by Gasteiger charge is -2.58. The van der Waals surface area contributed by atoms with Crippen LogP contribution < -0.4 is 0 Å². The highest BCUT2D eigenvalue weighted by molar-refractivity contribution is 5.25. The first-order chi connectivity index (χ1) is 14.6. The third-order valence-corrected chi connectivity index (χ3v) is 11.2. The predicted molar refractivity (Wildman–Crippen MR) is 136 cm³/mol. The zero-order valence-electron chi connectivity index (χ0n) is 22.2. The number of fused-ring (bicyclic) bond motifs is 5. The van der Waals surface area contributed by atoms with Crippen LogP contribution in [-0.2, 0) is 0 Å². The summed E-state index contributed by atoms with van der Waals surface area (Å²) in [6.07, 6.45) is 20.5. The zero-order chi connectivity index (χ0) is 22.4. The SMILES string of the molecule is CC(C)CCC[C@@H](C)[C@H]1CCC2C3CC=C4C[C@@H](CC(C)C)CC[C@]4(C)C3CC[C@@]21C. The molecule has 4 aliphatic rings. The number of allylic oxidation sites excluding steroid dienone is 2. The van der Waals surface area contributed by atoms with Gasteiger partial charge in [-0.05, 0) is 116 Å². The van der Waals surface area contributed by atoms with Crippen molar-refractivity contribution in [3.05, 3.63) is 11.6 Å². The van der Waals surface area contributed by atoms with E-state index in [0.29, 0.717) is 10.8 Å². The van der Waals surface area contributed by atoms with Gasteiger partial charge in [-0.2, -0.15) is 0 Å². The van der Waals surface area contributed by atoms with Crippen molar-refractivity contribution in [2.24, 2.45) is 58.2 Å². The molecule has 31 heavy (non-hydrogen) atoms. The Hall–Kier alpha value is -0.260. The second kappa shape index (κ2) is 9.18. The summed E-state index contributed by atoms with van der Waals surface area (Å²) in [5.74, 6) is 7.60. The molecule has 0 heterocycles. The molecule has 0 saturated heterocycles. The van der Waals surface area contributed by atoms with Crippen molar-refractivity contribution in [3.63, 3.8) is 0 Å². The van der Waals surface area contributed by atoms with E-state index >= 15 is 0 Å². The van der Waals surface area contributed by atoms with Crippen molar-refractivity contribution >= 4 is 0 Å². The normalized spacial score (nSPS) is 43.4. The molecule has 0 amide bonds. The fraction of sp³-hybridized carbons (Fsp3) is 0.935. The Bertz CT molecular complexity index is 640. The van der Waals surface area contributed by atoms with E-state index in [9.17, 15) is 0 Å². The van der Waals surface area contributed by atoms with Gasteiger partial charge in [0, 0.05) is 0 Å². The van der Waals surface area contributed by atoms with E-state index in [1.165, 1.54) is 77.0 Å². The summed E-state index contributed by atoms with van der Waals surface area (Å²) >= 11 is 0. The first kappa shape index (κ1) is 23.9. The molecular formula is C31H54. The summed E-state index contributed by atoms with van der Waals surface area (Å²) in [5.41, 5.74) is 3.07. The van der Waals surface area contributed by atoms with Gasteiger partial charge in [-0.3, -0.25) is 0 Å². The average Bonchev–Trinajstić information content (AvgIpc) is 3.05. The van der Waals surface area contributed by atoms with Crippen molar-refractivity contribution in [2.75, 3.05) is 0 Å². The Morgan fingerprint density at radius 1 is 0.871 bits per heavy atom. The van der Waals surface area contributed by atoms with Gasteiger partial charge in [-0.15, -0.1) is 0 Å². The maximum Gasteiger partial charge on any atom is -0.00851 e. The molecule has 0 spiro atoms. The molecule has 0 radical (unpaired) electrons. The van der Waals surface area contributed by atoms with E-state index in [-0.39, 0.29) is 0 Å². The fourth-order valence-electron chi connectivity index (χ4n) is 9.63. The summed E-state index contributed by atoms with van der Waals surface area (Å²) in [6.45, 7) is 17.7. The Morgan fingerprint density at radius 2 is 1.65 bits per heavy atom. The molecule has 0 heteroatoms. The second-order valence-corrected chi connectivity index (χ2v) is 14.0. The largest absolute Gasteiger partial charge is 0.0845 e. The fourth-order valence-corrected chi connectivity index (χ4v) is 9.63. The van der Waals surface area contributed by atoms with Crippen LogP contribution in [0.2, 0.25) is 0 Å². The van der Waals surface area contributed by atoms with E-state index in [0.717, 1.165) is 47.3 Å². The summed E-state index contributed by atoms with van der Waals surface area (Å²) in [7, 11) is 0. The van der Waals surface area contributed by atoms with E-state index in [4.69, 9.17) is 0 Å². The highest BCUT2D eigenvalue weighted by atomic mass is 14.6. The lowest BCUT2D eigenvalue weighted by Crippen LogP contribution is -2.50. The van der Waals surface area contributed by atoms with Gasteiger partial charge in [0.25, 0.3) is 0 Å². The highest BCUT2D eigenvalue weighted by Crippen LogP contribution is 2.67. The number of rotatable bonds is 7. The van der Waals surface area contributed by atoms with E-state index in [1.807, 2.05) is 5.57 Å². The maximum atomic E-state index is 2.79. The second-order valence-electron chi connectivity index (χ2n) is 14.0. The van der Waals surface area contributed by atoms with Crippen LogP contribution in [0, 0.1) is 58.2 Å². The predicted octanol–water partition coefficient (Wildman–Crippen LogP) is 9.69. The van der Waals surface area contributed by atoms with Crippen LogP contribution in [0.25, 0.3) is 0 Å². The molecule has 178 valence electrons. The maximum absolute atomic E-state index is 2.79. The molecule has 0 aromatic carbocycles. The van der Waals surface area contributed by atoms with Gasteiger partial charge in [0.15, 0.2) is 0 Å². The molecular weight excluding hydrogens is 372 g/mol. The number of hydrogen-bond acceptors (Lipinski definition) is 0. The van der Waals surface area contributed by atoms with E-state index in [2.05, 4.69) is 54.5 Å². The van der Waals surface area contributed by atoms with Crippen LogP contribution in [0.15, 0.2) is 11.6 Å². The Kier molecular flexibility index (Phi) is 7.07. The van der Waals surface area contributed by atoms with Crippen LogP contribution in [0.4, 0.5) is 0 Å². The van der Waals surface area contributed by atoms with Crippen molar-refractivity contribution in [2.45, 2.75) is 126 Å². The zero-order valence-corrected chi connectivity index (χ0v) is 22.2. The van der Waals surface area contributed by atoms with Crippen LogP contribution in [0.5, 0.6) is 0 Å². The summed E-state index contributed by atoms with van der Waals surface area (Å²) in [6, 6.07) is 0. The quantitative estimate of drug-likeness (QED) is 0.355. The third-order valence-electron chi connectivity index (χ3n) is 11.2. The van der Waals surface area contributed by atoms with Gasteiger partial charge < -0.3 is 0 Å². The number of hydrogen-bond donors (Lipinski definition) is 0. The van der Waals surface area contributed by atoms with Gasteiger partial charge in [-0.25, -0.2) is 0 Å². The minimum atomic E-state index is 0.540. The van der Waals surface area contributed by atoms with Crippen LogP contribution >= 0.6 is 0 Å². The molecule has 8 atom stereocenters. The molecule has 3 fully saturated rings. The van der Waals surface area contributed by atoms with E-state index < -0.39 is 0 Å². The smallest absolute Gasteiger partial charge is 0.00851 e. The molecule has 3 saturated carbocycles. The van der Waals surface area contributed by atoms with Crippen molar-refractivity contribution < 1.29 is 0 Å². The van der Waals surface area contributed by atoms with Crippen molar-refractivity contribution in [1.82, 2.24) is 0 Å². The van der Waals surface area contributed by atoms with Gasteiger partial charge in [0.2, 0.25) is 0 Å². The Balaban J connectivity index is 1.46. The lowest BCUT2D eigenvalue weighted by molar-refractivity contribution is -0.0531. The minimum Gasteiger partial charge on any atom is -0.0845 e. The highest BCUT2D eigenvalue weighted by Gasteiger charge is 2.59.